The lowest BCUT2D eigenvalue weighted by molar-refractivity contribution is 0.321. The average Bonchev–Trinajstić information content (AvgIpc) is 3.04. The molecule has 1 N–H and O–H groups in total. The molecule has 0 aliphatic heterocycles. The van der Waals surface area contributed by atoms with Crippen molar-refractivity contribution in [2.45, 2.75) is 69.5 Å². The lowest BCUT2D eigenvalue weighted by Crippen LogP contribution is -2.15. The zero-order valence-corrected chi connectivity index (χ0v) is 16.4. The third-order valence-corrected chi connectivity index (χ3v) is 5.86. The summed E-state index contributed by atoms with van der Waals surface area (Å²) >= 11 is 1.60. The highest BCUT2D eigenvalue weighted by atomic mass is 32.2. The number of nitrogens with zero attached hydrogens (tertiary/aromatic N) is 3. The van der Waals surface area contributed by atoms with Gasteiger partial charge in [-0.25, -0.2) is 0 Å². The highest BCUT2D eigenvalue weighted by Gasteiger charge is 2.24. The van der Waals surface area contributed by atoms with Crippen LogP contribution in [0.15, 0.2) is 29.4 Å². The minimum absolute atomic E-state index is 0.151. The van der Waals surface area contributed by atoms with Crippen molar-refractivity contribution in [2.75, 3.05) is 12.4 Å². The number of aliphatic hydroxyl groups excluding tert-OH is 1. The Morgan fingerprint density at radius 3 is 2.36 bits per heavy atom. The summed E-state index contributed by atoms with van der Waals surface area (Å²) in [7, 11) is 0. The van der Waals surface area contributed by atoms with Gasteiger partial charge in [-0.3, -0.25) is 4.57 Å². The van der Waals surface area contributed by atoms with Gasteiger partial charge in [0.25, 0.3) is 0 Å². The van der Waals surface area contributed by atoms with Gasteiger partial charge >= 0.3 is 0 Å². The molecule has 1 aliphatic carbocycles. The molecule has 1 heterocycles. The van der Waals surface area contributed by atoms with E-state index in [0.717, 1.165) is 16.5 Å². The molecular formula is C20H29N3OS. The SMILES string of the molecule is CC(C)(C)c1ccc(-c2nnc(SCCO)n2C2CCCCC2)cc1. The van der Waals surface area contributed by atoms with Crippen LogP contribution in [-0.4, -0.2) is 32.2 Å². The number of hydrogen-bond acceptors (Lipinski definition) is 4. The van der Waals surface area contributed by atoms with Gasteiger partial charge in [0.2, 0.25) is 0 Å². The molecule has 1 saturated carbocycles. The van der Waals surface area contributed by atoms with Crippen LogP contribution in [0.2, 0.25) is 0 Å². The number of thioether (sulfide) groups is 1. The van der Waals surface area contributed by atoms with E-state index in [2.05, 4.69) is 59.8 Å². The topological polar surface area (TPSA) is 50.9 Å². The van der Waals surface area contributed by atoms with Crippen LogP contribution in [0.5, 0.6) is 0 Å². The second-order valence-electron chi connectivity index (χ2n) is 7.87. The Kier molecular flexibility index (Phi) is 5.85. The van der Waals surface area contributed by atoms with Crippen LogP contribution in [0.25, 0.3) is 11.4 Å². The Hall–Kier alpha value is -1.33. The molecule has 3 rings (SSSR count). The second-order valence-corrected chi connectivity index (χ2v) is 8.93. The van der Waals surface area contributed by atoms with Gasteiger partial charge in [0.05, 0.1) is 6.61 Å². The molecule has 25 heavy (non-hydrogen) atoms. The normalized spacial score (nSPS) is 16.3. The number of aromatic nitrogens is 3. The summed E-state index contributed by atoms with van der Waals surface area (Å²) < 4.78 is 2.32. The van der Waals surface area contributed by atoms with Gasteiger partial charge < -0.3 is 5.11 Å². The van der Waals surface area contributed by atoms with Crippen LogP contribution < -0.4 is 0 Å². The predicted octanol–water partition coefficient (Wildman–Crippen LogP) is 4.83. The van der Waals surface area contributed by atoms with Gasteiger partial charge in [-0.15, -0.1) is 10.2 Å². The largest absolute Gasteiger partial charge is 0.396 e. The monoisotopic (exact) mass is 359 g/mol. The molecule has 0 saturated heterocycles. The maximum atomic E-state index is 9.18. The summed E-state index contributed by atoms with van der Waals surface area (Å²) in [6.07, 6.45) is 6.26. The lowest BCUT2D eigenvalue weighted by Gasteiger charge is -2.26. The Bertz CT molecular complexity index is 682. The van der Waals surface area contributed by atoms with Crippen LogP contribution in [0.1, 0.15) is 64.5 Å². The van der Waals surface area contributed by atoms with E-state index in [0.29, 0.717) is 11.8 Å². The van der Waals surface area contributed by atoms with E-state index in [4.69, 9.17) is 0 Å². The molecule has 1 aliphatic rings. The first kappa shape index (κ1) is 18.5. The number of benzene rings is 1. The van der Waals surface area contributed by atoms with E-state index in [1.165, 1.54) is 37.7 Å². The van der Waals surface area contributed by atoms with Crippen LogP contribution in [0.4, 0.5) is 0 Å². The first-order valence-corrected chi connectivity index (χ1v) is 10.3. The molecule has 4 nitrogen and oxygen atoms in total. The van der Waals surface area contributed by atoms with Crippen molar-refractivity contribution in [1.82, 2.24) is 14.8 Å². The molecule has 136 valence electrons. The van der Waals surface area contributed by atoms with Gasteiger partial charge in [0, 0.05) is 17.4 Å². The zero-order valence-electron chi connectivity index (χ0n) is 15.5. The third-order valence-electron chi connectivity index (χ3n) is 4.94. The predicted molar refractivity (Wildman–Crippen MR) is 104 cm³/mol. The molecule has 1 fully saturated rings. The molecule has 0 unspecified atom stereocenters. The number of rotatable bonds is 5. The average molecular weight is 360 g/mol. The minimum Gasteiger partial charge on any atom is -0.396 e. The van der Waals surface area contributed by atoms with Crippen LogP contribution in [-0.2, 0) is 5.41 Å². The summed E-state index contributed by atoms with van der Waals surface area (Å²) in [6.45, 7) is 6.86. The molecule has 0 radical (unpaired) electrons. The Balaban J connectivity index is 1.95. The van der Waals surface area contributed by atoms with Crippen molar-refractivity contribution < 1.29 is 5.11 Å². The van der Waals surface area contributed by atoms with E-state index >= 15 is 0 Å². The molecule has 2 aromatic rings. The molecular weight excluding hydrogens is 330 g/mol. The molecule has 1 aromatic heterocycles. The maximum absolute atomic E-state index is 9.18. The molecule has 1 aromatic carbocycles. The van der Waals surface area contributed by atoms with Crippen molar-refractivity contribution in [3.63, 3.8) is 0 Å². The fourth-order valence-corrected chi connectivity index (χ4v) is 4.24. The number of aliphatic hydroxyl groups is 1. The zero-order chi connectivity index (χ0) is 17.9. The summed E-state index contributed by atoms with van der Waals surface area (Å²) in [5, 5.41) is 19.1. The van der Waals surface area contributed by atoms with Crippen molar-refractivity contribution in [2.24, 2.45) is 0 Å². The van der Waals surface area contributed by atoms with Gasteiger partial charge in [-0.1, -0.05) is 76.1 Å². The van der Waals surface area contributed by atoms with Crippen LogP contribution in [0.3, 0.4) is 0 Å². The van der Waals surface area contributed by atoms with Crippen LogP contribution in [0, 0.1) is 0 Å². The van der Waals surface area contributed by atoms with E-state index in [1.54, 1.807) is 11.8 Å². The summed E-state index contributed by atoms with van der Waals surface area (Å²) in [4.78, 5) is 0. The van der Waals surface area contributed by atoms with E-state index in [-0.39, 0.29) is 12.0 Å². The highest BCUT2D eigenvalue weighted by Crippen LogP contribution is 2.36. The molecule has 0 bridgehead atoms. The standard InChI is InChI=1S/C20H29N3OS/c1-20(2,3)16-11-9-15(10-12-16)18-21-22-19(25-14-13-24)23(18)17-7-5-4-6-8-17/h9-12,17,24H,4-8,13-14H2,1-3H3. The fourth-order valence-electron chi connectivity index (χ4n) is 3.50. The van der Waals surface area contributed by atoms with Crippen LogP contribution >= 0.6 is 11.8 Å². The second kappa shape index (κ2) is 7.92. The van der Waals surface area contributed by atoms with Gasteiger partial charge in [-0.2, -0.15) is 0 Å². The van der Waals surface area contributed by atoms with Gasteiger partial charge in [0.15, 0.2) is 11.0 Å². The first-order valence-electron chi connectivity index (χ1n) is 9.30. The highest BCUT2D eigenvalue weighted by molar-refractivity contribution is 7.99. The lowest BCUT2D eigenvalue weighted by atomic mass is 9.86. The van der Waals surface area contributed by atoms with Gasteiger partial charge in [-0.05, 0) is 23.8 Å². The quantitative estimate of drug-likeness (QED) is 0.777. The van der Waals surface area contributed by atoms with E-state index < -0.39 is 0 Å². The van der Waals surface area contributed by atoms with Gasteiger partial charge in [0.1, 0.15) is 0 Å². The fraction of sp³-hybridized carbons (Fsp3) is 0.600. The third kappa shape index (κ3) is 4.26. The Labute approximate surface area is 155 Å². The summed E-state index contributed by atoms with van der Waals surface area (Å²) in [5.74, 6) is 1.63. The molecule has 0 amide bonds. The van der Waals surface area contributed by atoms with Crippen molar-refractivity contribution in [3.8, 4) is 11.4 Å². The summed E-state index contributed by atoms with van der Waals surface area (Å²) in [5.41, 5.74) is 2.61. The molecule has 0 atom stereocenters. The molecule has 0 spiro atoms. The maximum Gasteiger partial charge on any atom is 0.191 e. The Morgan fingerprint density at radius 2 is 1.76 bits per heavy atom. The summed E-state index contributed by atoms with van der Waals surface area (Å²) in [6, 6.07) is 9.22. The van der Waals surface area contributed by atoms with E-state index in [1.807, 2.05) is 0 Å². The van der Waals surface area contributed by atoms with E-state index in [9.17, 15) is 5.11 Å². The molecule has 5 heteroatoms. The van der Waals surface area contributed by atoms with Crippen molar-refractivity contribution in [3.05, 3.63) is 29.8 Å². The Morgan fingerprint density at radius 1 is 1.08 bits per heavy atom. The minimum atomic E-state index is 0.151. The smallest absolute Gasteiger partial charge is 0.191 e. The first-order chi connectivity index (χ1) is 12.0. The van der Waals surface area contributed by atoms with Crippen molar-refractivity contribution in [1.29, 1.82) is 0 Å². The number of hydrogen-bond donors (Lipinski definition) is 1. The van der Waals surface area contributed by atoms with Crippen molar-refractivity contribution >= 4 is 11.8 Å².